The Morgan fingerprint density at radius 3 is 2.46 bits per heavy atom. The number of rotatable bonds is 8. The zero-order chi connectivity index (χ0) is 18.4. The Balaban J connectivity index is 1.56. The van der Waals surface area contributed by atoms with E-state index >= 15 is 0 Å². The Kier molecular flexibility index (Phi) is 5.69. The average Bonchev–Trinajstić information content (AvgIpc) is 3.12. The average molecular weight is 354 g/mol. The minimum atomic E-state index is -1.07. The number of carbonyl (C=O) groups is 1. The van der Waals surface area contributed by atoms with Gasteiger partial charge >= 0.3 is 5.97 Å². The SMILES string of the molecule is O=C(O)c1ccc(CCc2ccccc2OCCc2ccc(F)cc2)o1. The summed E-state index contributed by atoms with van der Waals surface area (Å²) < 4.78 is 24.1. The lowest BCUT2D eigenvalue weighted by atomic mass is 10.1. The largest absolute Gasteiger partial charge is 0.493 e. The summed E-state index contributed by atoms with van der Waals surface area (Å²) in [5.74, 6) is 0.0525. The number of hydrogen-bond donors (Lipinski definition) is 1. The van der Waals surface area contributed by atoms with E-state index in [0.717, 1.165) is 16.9 Å². The minimum absolute atomic E-state index is 0.0520. The first kappa shape index (κ1) is 17.7. The molecule has 0 radical (unpaired) electrons. The van der Waals surface area contributed by atoms with Crippen LogP contribution >= 0.6 is 0 Å². The molecule has 2 aromatic carbocycles. The van der Waals surface area contributed by atoms with Crippen molar-refractivity contribution >= 4 is 5.97 Å². The molecule has 26 heavy (non-hydrogen) atoms. The second-order valence-corrected chi connectivity index (χ2v) is 5.90. The van der Waals surface area contributed by atoms with Gasteiger partial charge in [-0.05, 0) is 47.9 Å². The third-order valence-electron chi connectivity index (χ3n) is 4.05. The molecule has 0 aliphatic heterocycles. The molecule has 0 saturated carbocycles. The van der Waals surface area contributed by atoms with Gasteiger partial charge in [-0.3, -0.25) is 0 Å². The van der Waals surface area contributed by atoms with Gasteiger partial charge < -0.3 is 14.3 Å². The van der Waals surface area contributed by atoms with Crippen molar-refractivity contribution in [2.45, 2.75) is 19.3 Å². The molecule has 0 spiro atoms. The Morgan fingerprint density at radius 2 is 1.73 bits per heavy atom. The summed E-state index contributed by atoms with van der Waals surface area (Å²) >= 11 is 0. The molecule has 4 nitrogen and oxygen atoms in total. The number of carboxylic acid groups (broad SMARTS) is 1. The zero-order valence-electron chi connectivity index (χ0n) is 14.2. The molecule has 3 rings (SSSR count). The molecule has 1 N–H and O–H groups in total. The summed E-state index contributed by atoms with van der Waals surface area (Å²) in [6.07, 6.45) is 1.96. The van der Waals surface area contributed by atoms with Crippen LogP contribution in [0, 0.1) is 5.82 Å². The van der Waals surface area contributed by atoms with Crippen LogP contribution in [0.3, 0.4) is 0 Å². The molecule has 5 heteroatoms. The first-order valence-corrected chi connectivity index (χ1v) is 8.39. The molecule has 0 unspecified atom stereocenters. The van der Waals surface area contributed by atoms with Gasteiger partial charge in [0, 0.05) is 12.8 Å². The van der Waals surface area contributed by atoms with Gasteiger partial charge in [0.15, 0.2) is 0 Å². The Bertz CT molecular complexity index is 868. The van der Waals surface area contributed by atoms with Crippen molar-refractivity contribution in [3.63, 3.8) is 0 Å². The van der Waals surface area contributed by atoms with Crippen LogP contribution in [0.25, 0.3) is 0 Å². The van der Waals surface area contributed by atoms with E-state index in [9.17, 15) is 9.18 Å². The van der Waals surface area contributed by atoms with E-state index in [1.165, 1.54) is 18.2 Å². The summed E-state index contributed by atoms with van der Waals surface area (Å²) in [6, 6.07) is 17.3. The lowest BCUT2D eigenvalue weighted by Crippen LogP contribution is -2.04. The smallest absolute Gasteiger partial charge is 0.371 e. The highest BCUT2D eigenvalue weighted by atomic mass is 19.1. The monoisotopic (exact) mass is 354 g/mol. The van der Waals surface area contributed by atoms with Crippen LogP contribution in [-0.2, 0) is 19.3 Å². The number of carboxylic acids is 1. The topological polar surface area (TPSA) is 59.7 Å². The molecule has 0 atom stereocenters. The van der Waals surface area contributed by atoms with Crippen molar-refractivity contribution in [2.75, 3.05) is 6.61 Å². The van der Waals surface area contributed by atoms with Gasteiger partial charge in [-0.1, -0.05) is 30.3 Å². The van der Waals surface area contributed by atoms with Crippen molar-refractivity contribution in [1.82, 2.24) is 0 Å². The maximum atomic E-state index is 12.9. The van der Waals surface area contributed by atoms with Gasteiger partial charge in [0.05, 0.1) is 6.61 Å². The summed E-state index contributed by atoms with van der Waals surface area (Å²) in [5, 5.41) is 8.90. The number of hydrogen-bond acceptors (Lipinski definition) is 3. The van der Waals surface area contributed by atoms with Gasteiger partial charge in [0.1, 0.15) is 17.3 Å². The standard InChI is InChI=1S/C21H19FO4/c22-17-8-5-15(6-9-17)13-14-25-19-4-2-1-3-16(19)7-10-18-11-12-20(26-18)21(23)24/h1-6,8-9,11-12H,7,10,13-14H2,(H,23,24). The van der Waals surface area contributed by atoms with E-state index in [4.69, 9.17) is 14.3 Å². The van der Waals surface area contributed by atoms with Crippen molar-refractivity contribution in [1.29, 1.82) is 0 Å². The molecule has 134 valence electrons. The molecule has 3 aromatic rings. The minimum Gasteiger partial charge on any atom is -0.493 e. The zero-order valence-corrected chi connectivity index (χ0v) is 14.2. The predicted octanol–water partition coefficient (Wildman–Crippen LogP) is 4.52. The van der Waals surface area contributed by atoms with E-state index in [2.05, 4.69) is 0 Å². The van der Waals surface area contributed by atoms with Crippen molar-refractivity contribution < 1.29 is 23.4 Å². The number of aromatic carboxylic acids is 1. The quantitative estimate of drug-likeness (QED) is 0.646. The van der Waals surface area contributed by atoms with Gasteiger partial charge in [0.25, 0.3) is 0 Å². The fourth-order valence-electron chi connectivity index (χ4n) is 2.67. The van der Waals surface area contributed by atoms with Gasteiger partial charge in [-0.2, -0.15) is 0 Å². The van der Waals surface area contributed by atoms with Crippen molar-refractivity contribution in [3.05, 3.63) is 89.1 Å². The van der Waals surface area contributed by atoms with Crippen molar-refractivity contribution in [2.24, 2.45) is 0 Å². The first-order valence-electron chi connectivity index (χ1n) is 8.39. The normalized spacial score (nSPS) is 10.7. The van der Waals surface area contributed by atoms with Crippen LogP contribution in [0.1, 0.15) is 27.4 Å². The van der Waals surface area contributed by atoms with Crippen LogP contribution in [0.2, 0.25) is 0 Å². The molecule has 1 heterocycles. The number of ether oxygens (including phenoxy) is 1. The molecular formula is C21H19FO4. The maximum absolute atomic E-state index is 12.9. The van der Waals surface area contributed by atoms with Crippen molar-refractivity contribution in [3.8, 4) is 5.75 Å². The Morgan fingerprint density at radius 1 is 0.962 bits per heavy atom. The van der Waals surface area contributed by atoms with E-state index in [1.54, 1.807) is 18.2 Å². The summed E-state index contributed by atoms with van der Waals surface area (Å²) in [6.45, 7) is 0.493. The van der Waals surface area contributed by atoms with Gasteiger partial charge in [0.2, 0.25) is 5.76 Å². The third kappa shape index (κ3) is 4.72. The second kappa shape index (κ2) is 8.34. The van der Waals surface area contributed by atoms with Crippen LogP contribution in [-0.4, -0.2) is 17.7 Å². The molecule has 0 aliphatic carbocycles. The van der Waals surface area contributed by atoms with Gasteiger partial charge in [-0.25, -0.2) is 9.18 Å². The molecule has 0 saturated heterocycles. The first-order chi connectivity index (χ1) is 12.6. The maximum Gasteiger partial charge on any atom is 0.371 e. The lowest BCUT2D eigenvalue weighted by Gasteiger charge is -2.11. The summed E-state index contributed by atoms with van der Waals surface area (Å²) in [5.41, 5.74) is 2.04. The number of para-hydroxylation sites is 1. The van der Waals surface area contributed by atoms with Crippen LogP contribution in [0.4, 0.5) is 4.39 Å². The summed E-state index contributed by atoms with van der Waals surface area (Å²) in [7, 11) is 0. The fourth-order valence-corrected chi connectivity index (χ4v) is 2.67. The third-order valence-corrected chi connectivity index (χ3v) is 4.05. The fraction of sp³-hybridized carbons (Fsp3) is 0.190. The number of furan rings is 1. The highest BCUT2D eigenvalue weighted by molar-refractivity contribution is 5.84. The highest BCUT2D eigenvalue weighted by Crippen LogP contribution is 2.21. The van der Waals surface area contributed by atoms with Crippen LogP contribution < -0.4 is 4.74 Å². The second-order valence-electron chi connectivity index (χ2n) is 5.90. The number of halogens is 1. The Labute approximate surface area is 150 Å². The molecule has 0 bridgehead atoms. The van der Waals surface area contributed by atoms with Crippen LogP contribution in [0.5, 0.6) is 5.75 Å². The lowest BCUT2D eigenvalue weighted by molar-refractivity contribution is 0.0660. The van der Waals surface area contributed by atoms with E-state index in [-0.39, 0.29) is 11.6 Å². The van der Waals surface area contributed by atoms with E-state index in [0.29, 0.717) is 31.6 Å². The van der Waals surface area contributed by atoms with E-state index < -0.39 is 5.97 Å². The van der Waals surface area contributed by atoms with Crippen LogP contribution in [0.15, 0.2) is 65.1 Å². The summed E-state index contributed by atoms with van der Waals surface area (Å²) in [4.78, 5) is 10.9. The Hall–Kier alpha value is -3.08. The molecule has 0 aliphatic rings. The highest BCUT2D eigenvalue weighted by Gasteiger charge is 2.10. The molecule has 1 aromatic heterocycles. The predicted molar refractivity (Wildman–Crippen MR) is 95.1 cm³/mol. The number of aryl methyl sites for hydroxylation is 2. The molecular weight excluding hydrogens is 335 g/mol. The molecule has 0 amide bonds. The van der Waals surface area contributed by atoms with E-state index in [1.807, 2.05) is 24.3 Å². The number of benzene rings is 2. The molecule has 0 fully saturated rings. The van der Waals surface area contributed by atoms with Gasteiger partial charge in [-0.15, -0.1) is 0 Å².